The summed E-state index contributed by atoms with van der Waals surface area (Å²) >= 11 is 9.58. The van der Waals surface area contributed by atoms with Crippen molar-refractivity contribution in [3.05, 3.63) is 68.3 Å². The van der Waals surface area contributed by atoms with E-state index in [2.05, 4.69) is 41.9 Å². The number of furan rings is 1. The maximum Gasteiger partial charge on any atom is 0.134 e. The molecule has 0 aliphatic heterocycles. The second kappa shape index (κ2) is 5.48. The van der Waals surface area contributed by atoms with Gasteiger partial charge in [0.15, 0.2) is 0 Å². The van der Waals surface area contributed by atoms with Crippen LogP contribution in [-0.4, -0.2) is 0 Å². The molecule has 2 aromatic carbocycles. The summed E-state index contributed by atoms with van der Waals surface area (Å²) in [5.41, 5.74) is 10.5. The van der Waals surface area contributed by atoms with Gasteiger partial charge in [-0.25, -0.2) is 0 Å². The highest BCUT2D eigenvalue weighted by molar-refractivity contribution is 9.10. The molecule has 0 saturated heterocycles. The average Bonchev–Trinajstić information content (AvgIpc) is 2.86. The van der Waals surface area contributed by atoms with Gasteiger partial charge >= 0.3 is 0 Å². The van der Waals surface area contributed by atoms with Crippen LogP contribution in [0.15, 0.2) is 45.3 Å². The van der Waals surface area contributed by atoms with Crippen LogP contribution in [-0.2, 0) is 0 Å². The van der Waals surface area contributed by atoms with Gasteiger partial charge in [0, 0.05) is 14.9 Å². The number of nitrogens with two attached hydrogens (primary N) is 1. The van der Waals surface area contributed by atoms with E-state index in [1.807, 2.05) is 24.3 Å². The van der Waals surface area contributed by atoms with Crippen molar-refractivity contribution >= 4 is 38.5 Å². The maximum atomic E-state index is 6.36. The summed E-state index contributed by atoms with van der Waals surface area (Å²) in [6.45, 7) is 4.12. The lowest BCUT2D eigenvalue weighted by Gasteiger charge is -2.13. The van der Waals surface area contributed by atoms with Gasteiger partial charge in [-0.05, 0) is 54.8 Å². The lowest BCUT2D eigenvalue weighted by atomic mass is 10.0. The molecule has 0 amide bonds. The minimum absolute atomic E-state index is 0.290. The molecule has 108 valence electrons. The van der Waals surface area contributed by atoms with E-state index in [9.17, 15) is 0 Å². The first-order chi connectivity index (χ1) is 9.95. The number of rotatable bonds is 2. The maximum absolute atomic E-state index is 6.36. The summed E-state index contributed by atoms with van der Waals surface area (Å²) in [5.74, 6) is 0.744. The van der Waals surface area contributed by atoms with Gasteiger partial charge in [0.2, 0.25) is 0 Å². The predicted octanol–water partition coefficient (Wildman–Crippen LogP) is 5.51. The van der Waals surface area contributed by atoms with Crippen LogP contribution in [0.3, 0.4) is 0 Å². The quantitative estimate of drug-likeness (QED) is 0.651. The van der Waals surface area contributed by atoms with Crippen molar-refractivity contribution in [2.24, 2.45) is 5.73 Å². The second-order valence-electron chi connectivity index (χ2n) is 5.28. The number of benzene rings is 2. The lowest BCUT2D eigenvalue weighted by Crippen LogP contribution is -2.11. The van der Waals surface area contributed by atoms with Gasteiger partial charge in [-0.3, -0.25) is 0 Å². The van der Waals surface area contributed by atoms with Crippen molar-refractivity contribution in [2.75, 3.05) is 0 Å². The topological polar surface area (TPSA) is 39.2 Å². The Morgan fingerprint density at radius 2 is 1.76 bits per heavy atom. The number of hydrogen-bond donors (Lipinski definition) is 1. The van der Waals surface area contributed by atoms with Gasteiger partial charge in [0.25, 0.3) is 0 Å². The van der Waals surface area contributed by atoms with Crippen LogP contribution >= 0.6 is 27.5 Å². The molecule has 4 heteroatoms. The molecule has 0 aliphatic rings. The molecule has 0 bridgehead atoms. The van der Waals surface area contributed by atoms with Crippen molar-refractivity contribution in [1.29, 1.82) is 0 Å². The highest BCUT2D eigenvalue weighted by atomic mass is 79.9. The number of aryl methyl sites for hydroxylation is 2. The largest absolute Gasteiger partial charge is 0.459 e. The van der Waals surface area contributed by atoms with E-state index in [-0.39, 0.29) is 6.04 Å². The molecule has 0 spiro atoms. The predicted molar refractivity (Wildman–Crippen MR) is 90.9 cm³/mol. The van der Waals surface area contributed by atoms with Gasteiger partial charge in [-0.2, -0.15) is 0 Å². The molecule has 3 aromatic rings. The molecular formula is C17H15BrClNO. The molecular weight excluding hydrogens is 350 g/mol. The summed E-state index contributed by atoms with van der Waals surface area (Å²) < 4.78 is 6.97. The summed E-state index contributed by atoms with van der Waals surface area (Å²) in [7, 11) is 0. The van der Waals surface area contributed by atoms with Crippen LogP contribution in [0.1, 0.15) is 28.5 Å². The van der Waals surface area contributed by atoms with Gasteiger partial charge in [0.05, 0.1) is 6.04 Å². The molecule has 1 heterocycles. The van der Waals surface area contributed by atoms with Crippen LogP contribution in [0.4, 0.5) is 0 Å². The fraction of sp³-hybridized carbons (Fsp3) is 0.176. The third-order valence-electron chi connectivity index (χ3n) is 3.62. The Bertz CT molecular complexity index is 802. The van der Waals surface area contributed by atoms with E-state index in [1.165, 1.54) is 11.1 Å². The molecule has 3 rings (SSSR count). The van der Waals surface area contributed by atoms with E-state index in [0.717, 1.165) is 26.8 Å². The third-order valence-corrected chi connectivity index (χ3v) is 5.11. The van der Waals surface area contributed by atoms with Gasteiger partial charge in [-0.15, -0.1) is 0 Å². The number of hydrogen-bond acceptors (Lipinski definition) is 2. The zero-order valence-electron chi connectivity index (χ0n) is 11.8. The first-order valence-electron chi connectivity index (χ1n) is 6.67. The SMILES string of the molecule is Cc1cc(C(N)c2cc3cc(Cl)ccc3o2)cc(C)c1Br. The molecule has 0 radical (unpaired) electrons. The van der Waals surface area contributed by atoms with Crippen molar-refractivity contribution < 1.29 is 4.42 Å². The smallest absolute Gasteiger partial charge is 0.134 e. The van der Waals surface area contributed by atoms with Crippen LogP contribution in [0.5, 0.6) is 0 Å². The van der Waals surface area contributed by atoms with Crippen molar-refractivity contribution in [3.63, 3.8) is 0 Å². The van der Waals surface area contributed by atoms with Crippen LogP contribution in [0.25, 0.3) is 11.0 Å². The monoisotopic (exact) mass is 363 g/mol. The summed E-state index contributed by atoms with van der Waals surface area (Å²) in [4.78, 5) is 0. The zero-order valence-corrected chi connectivity index (χ0v) is 14.1. The highest BCUT2D eigenvalue weighted by Crippen LogP contribution is 2.31. The minimum atomic E-state index is -0.290. The molecule has 2 nitrogen and oxygen atoms in total. The lowest BCUT2D eigenvalue weighted by molar-refractivity contribution is 0.525. The summed E-state index contributed by atoms with van der Waals surface area (Å²) in [5, 5.41) is 1.66. The van der Waals surface area contributed by atoms with E-state index < -0.39 is 0 Å². The Kier molecular flexibility index (Phi) is 3.82. The van der Waals surface area contributed by atoms with Crippen LogP contribution in [0.2, 0.25) is 5.02 Å². The van der Waals surface area contributed by atoms with Crippen molar-refractivity contribution in [2.45, 2.75) is 19.9 Å². The molecule has 0 saturated carbocycles. The standard InChI is InChI=1S/C17H15BrClNO/c1-9-5-12(6-10(2)16(9)18)17(20)15-8-11-7-13(19)3-4-14(11)21-15/h3-8,17H,20H2,1-2H3. The molecule has 0 fully saturated rings. The Morgan fingerprint density at radius 1 is 1.10 bits per heavy atom. The Hall–Kier alpha value is -1.29. The van der Waals surface area contributed by atoms with Gasteiger partial charge < -0.3 is 10.2 Å². The summed E-state index contributed by atoms with van der Waals surface area (Å²) in [6.07, 6.45) is 0. The van der Waals surface area contributed by atoms with Crippen molar-refractivity contribution in [3.8, 4) is 0 Å². The third kappa shape index (κ3) is 2.73. The number of fused-ring (bicyclic) bond motifs is 1. The van der Waals surface area contributed by atoms with Crippen LogP contribution in [0, 0.1) is 13.8 Å². The molecule has 1 unspecified atom stereocenters. The minimum Gasteiger partial charge on any atom is -0.459 e. The Morgan fingerprint density at radius 3 is 2.43 bits per heavy atom. The number of halogens is 2. The molecule has 1 aromatic heterocycles. The average molecular weight is 365 g/mol. The molecule has 0 aliphatic carbocycles. The Balaban J connectivity index is 2.05. The molecule has 1 atom stereocenters. The first-order valence-corrected chi connectivity index (χ1v) is 7.84. The fourth-order valence-corrected chi connectivity index (χ4v) is 2.92. The van der Waals surface area contributed by atoms with E-state index in [0.29, 0.717) is 5.02 Å². The normalized spacial score (nSPS) is 12.8. The Labute approximate surface area is 137 Å². The van der Waals surface area contributed by atoms with E-state index in [4.69, 9.17) is 21.8 Å². The summed E-state index contributed by atoms with van der Waals surface area (Å²) in [6, 6.07) is 11.4. The second-order valence-corrected chi connectivity index (χ2v) is 6.51. The first kappa shape index (κ1) is 14.6. The zero-order chi connectivity index (χ0) is 15.1. The molecule has 2 N–H and O–H groups in total. The van der Waals surface area contributed by atoms with E-state index in [1.54, 1.807) is 0 Å². The fourth-order valence-electron chi connectivity index (χ4n) is 2.51. The van der Waals surface area contributed by atoms with Crippen LogP contribution < -0.4 is 5.73 Å². The van der Waals surface area contributed by atoms with Gasteiger partial charge in [0.1, 0.15) is 11.3 Å². The van der Waals surface area contributed by atoms with Gasteiger partial charge in [-0.1, -0.05) is 39.7 Å². The highest BCUT2D eigenvalue weighted by Gasteiger charge is 2.16. The van der Waals surface area contributed by atoms with Crippen molar-refractivity contribution in [1.82, 2.24) is 0 Å². The molecule has 21 heavy (non-hydrogen) atoms. The van der Waals surface area contributed by atoms with E-state index >= 15 is 0 Å².